The van der Waals surface area contributed by atoms with E-state index >= 15 is 0 Å². The van der Waals surface area contributed by atoms with E-state index in [2.05, 4.69) is 4.98 Å². The van der Waals surface area contributed by atoms with Crippen molar-refractivity contribution in [1.29, 1.82) is 0 Å². The van der Waals surface area contributed by atoms with Crippen LogP contribution in [0.15, 0.2) is 36.4 Å². The van der Waals surface area contributed by atoms with Crippen molar-refractivity contribution < 1.29 is 5.11 Å². The molecular weight excluding hydrogens is 224 g/mol. The van der Waals surface area contributed by atoms with E-state index in [1.807, 2.05) is 50.2 Å². The second-order valence-corrected chi connectivity index (χ2v) is 5.13. The van der Waals surface area contributed by atoms with E-state index in [0.29, 0.717) is 6.42 Å². The predicted octanol–water partition coefficient (Wildman–Crippen LogP) is 2.12. The molecule has 1 unspecified atom stereocenters. The van der Waals surface area contributed by atoms with Crippen molar-refractivity contribution >= 4 is 10.9 Å². The Morgan fingerprint density at radius 1 is 1.22 bits per heavy atom. The van der Waals surface area contributed by atoms with Gasteiger partial charge in [0.05, 0.1) is 11.1 Å². The van der Waals surface area contributed by atoms with Crippen molar-refractivity contribution in [3.8, 4) is 0 Å². The van der Waals surface area contributed by atoms with Gasteiger partial charge >= 0.3 is 0 Å². The fourth-order valence-electron chi connectivity index (χ4n) is 2.03. The lowest BCUT2D eigenvalue weighted by Crippen LogP contribution is -2.45. The summed E-state index contributed by atoms with van der Waals surface area (Å²) in [5, 5.41) is 11.6. The van der Waals surface area contributed by atoms with E-state index in [-0.39, 0.29) is 12.5 Å². The van der Waals surface area contributed by atoms with E-state index in [1.54, 1.807) is 0 Å². The molecule has 0 aliphatic rings. The van der Waals surface area contributed by atoms with Gasteiger partial charge in [-0.2, -0.15) is 0 Å². The molecule has 3 nitrogen and oxygen atoms in total. The van der Waals surface area contributed by atoms with E-state index in [9.17, 15) is 5.11 Å². The Kier molecular flexibility index (Phi) is 3.64. The van der Waals surface area contributed by atoms with Gasteiger partial charge in [-0.25, -0.2) is 0 Å². The lowest BCUT2D eigenvalue weighted by molar-refractivity contribution is 0.00330. The highest BCUT2D eigenvalue weighted by Crippen LogP contribution is 2.22. The van der Waals surface area contributed by atoms with Crippen LogP contribution in [0.1, 0.15) is 19.5 Å². The zero-order valence-corrected chi connectivity index (χ0v) is 10.9. The Labute approximate surface area is 108 Å². The standard InChI is InChI=1S/C15H20N2O/c1-11(2)15(18,10-16)9-13-8-7-12-5-3-4-6-14(12)17-13/h3-8,11,18H,9-10,16H2,1-2H3. The molecule has 3 heteroatoms. The lowest BCUT2D eigenvalue weighted by atomic mass is 9.86. The third kappa shape index (κ3) is 2.52. The maximum Gasteiger partial charge on any atom is 0.0847 e. The van der Waals surface area contributed by atoms with Crippen molar-refractivity contribution in [2.45, 2.75) is 25.9 Å². The smallest absolute Gasteiger partial charge is 0.0847 e. The summed E-state index contributed by atoms with van der Waals surface area (Å²) in [6.45, 7) is 4.21. The molecular formula is C15H20N2O. The third-order valence-corrected chi connectivity index (χ3v) is 3.57. The highest BCUT2D eigenvalue weighted by atomic mass is 16.3. The van der Waals surface area contributed by atoms with Gasteiger partial charge in [0, 0.05) is 24.0 Å². The maximum absolute atomic E-state index is 10.5. The van der Waals surface area contributed by atoms with Gasteiger partial charge in [-0.15, -0.1) is 0 Å². The van der Waals surface area contributed by atoms with Gasteiger partial charge in [-0.05, 0) is 18.1 Å². The summed E-state index contributed by atoms with van der Waals surface area (Å²) in [7, 11) is 0. The molecule has 0 aliphatic carbocycles. The monoisotopic (exact) mass is 244 g/mol. The van der Waals surface area contributed by atoms with Gasteiger partial charge < -0.3 is 10.8 Å². The number of benzene rings is 1. The molecule has 1 atom stereocenters. The molecule has 18 heavy (non-hydrogen) atoms. The van der Waals surface area contributed by atoms with Crippen LogP contribution in [-0.2, 0) is 6.42 Å². The van der Waals surface area contributed by atoms with Crippen molar-refractivity contribution in [2.75, 3.05) is 6.54 Å². The van der Waals surface area contributed by atoms with Crippen molar-refractivity contribution in [2.24, 2.45) is 11.7 Å². The summed E-state index contributed by atoms with van der Waals surface area (Å²) in [5.41, 5.74) is 6.65. The van der Waals surface area contributed by atoms with Gasteiger partial charge in [0.25, 0.3) is 0 Å². The molecule has 0 radical (unpaired) electrons. The van der Waals surface area contributed by atoms with E-state index < -0.39 is 5.60 Å². The van der Waals surface area contributed by atoms with Crippen LogP contribution >= 0.6 is 0 Å². The molecule has 0 spiro atoms. The molecule has 1 heterocycles. The normalized spacial score (nSPS) is 14.9. The summed E-state index contributed by atoms with van der Waals surface area (Å²) >= 11 is 0. The largest absolute Gasteiger partial charge is 0.388 e. The van der Waals surface area contributed by atoms with Crippen LogP contribution in [0.4, 0.5) is 0 Å². The predicted molar refractivity (Wildman–Crippen MR) is 74.3 cm³/mol. The number of hydrogen-bond donors (Lipinski definition) is 2. The minimum atomic E-state index is -0.880. The SMILES string of the molecule is CC(C)C(O)(CN)Cc1ccc2ccccc2n1. The minimum Gasteiger partial charge on any atom is -0.388 e. The maximum atomic E-state index is 10.5. The highest BCUT2D eigenvalue weighted by molar-refractivity contribution is 5.78. The summed E-state index contributed by atoms with van der Waals surface area (Å²) in [5.74, 6) is 0.107. The topological polar surface area (TPSA) is 59.1 Å². The first-order valence-electron chi connectivity index (χ1n) is 6.32. The Hall–Kier alpha value is -1.45. The second kappa shape index (κ2) is 5.04. The molecule has 96 valence electrons. The van der Waals surface area contributed by atoms with Gasteiger partial charge in [0.2, 0.25) is 0 Å². The van der Waals surface area contributed by atoms with Gasteiger partial charge in [0.15, 0.2) is 0 Å². The number of nitrogens with two attached hydrogens (primary N) is 1. The molecule has 3 N–H and O–H groups in total. The van der Waals surface area contributed by atoms with Crippen LogP contribution in [0.2, 0.25) is 0 Å². The van der Waals surface area contributed by atoms with Crippen molar-refractivity contribution in [1.82, 2.24) is 4.98 Å². The number of para-hydroxylation sites is 1. The highest BCUT2D eigenvalue weighted by Gasteiger charge is 2.30. The van der Waals surface area contributed by atoms with Gasteiger partial charge in [-0.3, -0.25) is 4.98 Å². The number of hydrogen-bond acceptors (Lipinski definition) is 3. The number of aliphatic hydroxyl groups is 1. The number of nitrogens with zero attached hydrogens (tertiary/aromatic N) is 1. The molecule has 0 saturated carbocycles. The molecule has 0 amide bonds. The van der Waals surface area contributed by atoms with Crippen LogP contribution in [0.25, 0.3) is 10.9 Å². The fourth-order valence-corrected chi connectivity index (χ4v) is 2.03. The first-order valence-corrected chi connectivity index (χ1v) is 6.32. The zero-order chi connectivity index (χ0) is 13.2. The Morgan fingerprint density at radius 3 is 2.61 bits per heavy atom. The summed E-state index contributed by atoms with van der Waals surface area (Å²) in [4.78, 5) is 4.58. The zero-order valence-electron chi connectivity index (χ0n) is 10.9. The Morgan fingerprint density at radius 2 is 1.94 bits per heavy atom. The van der Waals surface area contributed by atoms with E-state index in [4.69, 9.17) is 5.73 Å². The summed E-state index contributed by atoms with van der Waals surface area (Å²) < 4.78 is 0. The van der Waals surface area contributed by atoms with Crippen molar-refractivity contribution in [3.63, 3.8) is 0 Å². The molecule has 0 saturated heterocycles. The number of rotatable bonds is 4. The average Bonchev–Trinajstić information content (AvgIpc) is 2.38. The molecule has 2 rings (SSSR count). The molecule has 0 bridgehead atoms. The van der Waals surface area contributed by atoms with Crippen LogP contribution in [-0.4, -0.2) is 22.2 Å². The summed E-state index contributed by atoms with van der Waals surface area (Å²) in [6.07, 6.45) is 0.492. The second-order valence-electron chi connectivity index (χ2n) is 5.13. The van der Waals surface area contributed by atoms with Crippen LogP contribution in [0.3, 0.4) is 0 Å². The number of aromatic nitrogens is 1. The lowest BCUT2D eigenvalue weighted by Gasteiger charge is -2.30. The number of fused-ring (bicyclic) bond motifs is 1. The van der Waals surface area contributed by atoms with E-state index in [1.165, 1.54) is 0 Å². The van der Waals surface area contributed by atoms with Crippen LogP contribution in [0.5, 0.6) is 0 Å². The molecule has 1 aromatic heterocycles. The molecule has 0 fully saturated rings. The van der Waals surface area contributed by atoms with E-state index in [0.717, 1.165) is 16.6 Å². The Balaban J connectivity index is 2.31. The van der Waals surface area contributed by atoms with Gasteiger partial charge in [0.1, 0.15) is 0 Å². The Bertz CT molecular complexity index is 539. The molecule has 0 aliphatic heterocycles. The van der Waals surface area contributed by atoms with Crippen LogP contribution < -0.4 is 5.73 Å². The average molecular weight is 244 g/mol. The van der Waals surface area contributed by atoms with Crippen LogP contribution in [0, 0.1) is 5.92 Å². The molecule has 1 aromatic carbocycles. The number of pyridine rings is 1. The quantitative estimate of drug-likeness (QED) is 0.866. The van der Waals surface area contributed by atoms with Crippen molar-refractivity contribution in [3.05, 3.63) is 42.1 Å². The minimum absolute atomic E-state index is 0.107. The first kappa shape index (κ1) is 13.0. The third-order valence-electron chi connectivity index (χ3n) is 3.57. The molecule has 2 aromatic rings. The summed E-state index contributed by atoms with van der Waals surface area (Å²) in [6, 6.07) is 12.0. The van der Waals surface area contributed by atoms with Gasteiger partial charge in [-0.1, -0.05) is 38.1 Å². The fraction of sp³-hybridized carbons (Fsp3) is 0.400. The first-order chi connectivity index (χ1) is 8.55.